The van der Waals surface area contributed by atoms with Crippen LogP contribution in [-0.4, -0.2) is 40.3 Å². The molecule has 0 bridgehead atoms. The second-order valence-electron chi connectivity index (χ2n) is 6.84. The Morgan fingerprint density at radius 2 is 1.91 bits per heavy atom. The predicted molar refractivity (Wildman–Crippen MR) is 87.6 cm³/mol. The van der Waals surface area contributed by atoms with Gasteiger partial charge in [0.15, 0.2) is 0 Å². The molecule has 1 amide bonds. The van der Waals surface area contributed by atoms with Gasteiger partial charge in [-0.3, -0.25) is 4.90 Å². The Labute approximate surface area is 141 Å². The highest BCUT2D eigenvalue weighted by Gasteiger charge is 2.43. The number of aliphatic carboxylic acids is 1. The molecule has 0 saturated carbocycles. The van der Waals surface area contributed by atoms with Crippen LogP contribution in [0.25, 0.3) is 0 Å². The molecule has 0 aliphatic carbocycles. The second kappa shape index (κ2) is 6.79. The summed E-state index contributed by atoms with van der Waals surface area (Å²) in [6.07, 6.45) is 0.662. The summed E-state index contributed by atoms with van der Waals surface area (Å²) in [5, 5.41) is 10.2. The lowest BCUT2D eigenvalue weighted by atomic mass is 9.92. The highest BCUT2D eigenvalue weighted by molar-refractivity contribution is 6.30. The molecule has 2 atom stereocenters. The summed E-state index contributed by atoms with van der Waals surface area (Å²) in [6, 6.07) is 6.48. The summed E-state index contributed by atoms with van der Waals surface area (Å²) in [5.41, 5.74) is 0.366. The molecule has 0 spiro atoms. The fourth-order valence-electron chi connectivity index (χ4n) is 2.85. The molecule has 1 aliphatic rings. The zero-order valence-electron chi connectivity index (χ0n) is 13.6. The number of likely N-dealkylation sites (tertiary alicyclic amines) is 1. The van der Waals surface area contributed by atoms with Crippen LogP contribution in [0.5, 0.6) is 0 Å². The van der Waals surface area contributed by atoms with E-state index in [0.717, 1.165) is 5.56 Å². The molecular weight excluding hydrogens is 318 g/mol. The third kappa shape index (κ3) is 4.61. The van der Waals surface area contributed by atoms with Gasteiger partial charge in [-0.2, -0.15) is 0 Å². The van der Waals surface area contributed by atoms with Crippen LogP contribution in [0, 0.1) is 5.92 Å². The molecule has 5 nitrogen and oxygen atoms in total. The van der Waals surface area contributed by atoms with Gasteiger partial charge in [-0.05, 0) is 57.2 Å². The zero-order chi connectivity index (χ0) is 17.2. The molecule has 0 radical (unpaired) electrons. The number of benzene rings is 1. The van der Waals surface area contributed by atoms with Crippen LogP contribution < -0.4 is 0 Å². The van der Waals surface area contributed by atoms with Crippen LogP contribution >= 0.6 is 11.6 Å². The van der Waals surface area contributed by atoms with E-state index in [4.69, 9.17) is 16.3 Å². The van der Waals surface area contributed by atoms with Crippen LogP contribution in [0.15, 0.2) is 24.3 Å². The third-order valence-electron chi connectivity index (χ3n) is 3.82. The maximum Gasteiger partial charge on any atom is 0.411 e. The highest BCUT2D eigenvalue weighted by atomic mass is 35.5. The second-order valence-corrected chi connectivity index (χ2v) is 7.27. The summed E-state index contributed by atoms with van der Waals surface area (Å²) >= 11 is 5.87. The molecule has 1 saturated heterocycles. The number of amides is 1. The smallest absolute Gasteiger partial charge is 0.411 e. The number of hydrogen-bond acceptors (Lipinski definition) is 3. The van der Waals surface area contributed by atoms with Crippen LogP contribution in [0.3, 0.4) is 0 Å². The van der Waals surface area contributed by atoms with Crippen molar-refractivity contribution in [3.8, 4) is 0 Å². The summed E-state index contributed by atoms with van der Waals surface area (Å²) in [5.74, 6) is -1.13. The van der Waals surface area contributed by atoms with Crippen LogP contribution in [0.4, 0.5) is 4.79 Å². The lowest BCUT2D eigenvalue weighted by molar-refractivity contribution is -0.143. The molecule has 2 rings (SSSR count). The van der Waals surface area contributed by atoms with E-state index >= 15 is 0 Å². The number of carboxylic acids is 1. The molecule has 1 fully saturated rings. The van der Waals surface area contributed by atoms with E-state index in [-0.39, 0.29) is 5.92 Å². The molecular formula is C17H22ClNO4. The summed E-state index contributed by atoms with van der Waals surface area (Å²) in [4.78, 5) is 25.2. The normalized spacial score (nSPS) is 21.3. The number of carbonyl (C=O) groups excluding carboxylic acids is 1. The fourth-order valence-corrected chi connectivity index (χ4v) is 2.98. The van der Waals surface area contributed by atoms with Gasteiger partial charge < -0.3 is 9.84 Å². The first-order valence-electron chi connectivity index (χ1n) is 7.64. The fraction of sp³-hybridized carbons (Fsp3) is 0.529. The first-order valence-corrected chi connectivity index (χ1v) is 8.02. The van der Waals surface area contributed by atoms with Crippen molar-refractivity contribution in [1.82, 2.24) is 4.90 Å². The van der Waals surface area contributed by atoms with E-state index in [9.17, 15) is 14.7 Å². The molecule has 23 heavy (non-hydrogen) atoms. The van der Waals surface area contributed by atoms with Gasteiger partial charge in [-0.1, -0.05) is 23.7 Å². The van der Waals surface area contributed by atoms with Crippen LogP contribution in [0.1, 0.15) is 32.8 Å². The summed E-state index contributed by atoms with van der Waals surface area (Å²) < 4.78 is 5.32. The van der Waals surface area contributed by atoms with Crippen molar-refractivity contribution in [1.29, 1.82) is 0 Å². The van der Waals surface area contributed by atoms with Gasteiger partial charge in [0.25, 0.3) is 0 Å². The molecule has 1 aromatic rings. The average Bonchev–Trinajstić information content (AvgIpc) is 2.83. The number of nitrogens with zero attached hydrogens (tertiary/aromatic N) is 1. The van der Waals surface area contributed by atoms with Gasteiger partial charge in [0, 0.05) is 11.6 Å². The first-order chi connectivity index (χ1) is 10.7. The molecule has 6 heteroatoms. The summed E-state index contributed by atoms with van der Waals surface area (Å²) in [6.45, 7) is 5.69. The van der Waals surface area contributed by atoms with E-state index in [1.807, 2.05) is 12.1 Å². The Morgan fingerprint density at radius 1 is 1.30 bits per heavy atom. The number of ether oxygens (including phenoxy) is 1. The van der Waals surface area contributed by atoms with E-state index in [0.29, 0.717) is 24.4 Å². The van der Waals surface area contributed by atoms with Crippen molar-refractivity contribution in [2.24, 2.45) is 5.92 Å². The topological polar surface area (TPSA) is 66.8 Å². The first kappa shape index (κ1) is 17.6. The number of carbonyl (C=O) groups is 2. The Kier molecular flexibility index (Phi) is 5.19. The minimum Gasteiger partial charge on any atom is -0.480 e. The molecule has 1 aliphatic heterocycles. The lowest BCUT2D eigenvalue weighted by Crippen LogP contribution is -2.45. The Bertz CT molecular complexity index is 579. The Morgan fingerprint density at radius 3 is 2.43 bits per heavy atom. The molecule has 1 aromatic carbocycles. The quantitative estimate of drug-likeness (QED) is 0.913. The van der Waals surface area contributed by atoms with Gasteiger partial charge in [-0.25, -0.2) is 9.59 Å². The number of carboxylic acid groups (broad SMARTS) is 1. The van der Waals surface area contributed by atoms with Gasteiger partial charge in [0.05, 0.1) is 0 Å². The monoisotopic (exact) mass is 339 g/mol. The number of rotatable bonds is 3. The maximum absolute atomic E-state index is 12.2. The standard InChI is InChI=1S/C17H22ClNO4/c1-17(2,3)23-16(22)19-9-8-12(14(19)15(20)21)10-11-4-6-13(18)7-5-11/h4-7,12,14H,8-10H2,1-3H3,(H,20,21)/t12-,14+/m1/s1. The van der Waals surface area contributed by atoms with Crippen molar-refractivity contribution >= 4 is 23.7 Å². The van der Waals surface area contributed by atoms with E-state index in [1.165, 1.54) is 4.90 Å². The summed E-state index contributed by atoms with van der Waals surface area (Å²) in [7, 11) is 0. The van der Waals surface area contributed by atoms with Gasteiger partial charge in [-0.15, -0.1) is 0 Å². The van der Waals surface area contributed by atoms with E-state index < -0.39 is 23.7 Å². The van der Waals surface area contributed by atoms with Gasteiger partial charge in [0.1, 0.15) is 11.6 Å². The van der Waals surface area contributed by atoms with E-state index in [1.54, 1.807) is 32.9 Å². The predicted octanol–water partition coefficient (Wildman–Crippen LogP) is 3.59. The minimum atomic E-state index is -0.993. The van der Waals surface area contributed by atoms with Gasteiger partial charge in [0.2, 0.25) is 0 Å². The van der Waals surface area contributed by atoms with Crippen LogP contribution in [-0.2, 0) is 16.0 Å². The minimum absolute atomic E-state index is 0.138. The molecule has 0 unspecified atom stereocenters. The van der Waals surface area contributed by atoms with Crippen molar-refractivity contribution in [3.05, 3.63) is 34.9 Å². The number of halogens is 1. The van der Waals surface area contributed by atoms with Gasteiger partial charge >= 0.3 is 12.1 Å². The number of hydrogen-bond donors (Lipinski definition) is 1. The van der Waals surface area contributed by atoms with Crippen molar-refractivity contribution in [3.63, 3.8) is 0 Å². The molecule has 0 aromatic heterocycles. The molecule has 126 valence electrons. The Balaban J connectivity index is 2.11. The SMILES string of the molecule is CC(C)(C)OC(=O)N1CC[C@H](Cc2ccc(Cl)cc2)[C@H]1C(=O)O. The molecule has 1 N–H and O–H groups in total. The van der Waals surface area contributed by atoms with Crippen molar-refractivity contribution in [2.75, 3.05) is 6.54 Å². The Hall–Kier alpha value is -1.75. The highest BCUT2D eigenvalue weighted by Crippen LogP contribution is 2.30. The molecule has 1 heterocycles. The third-order valence-corrected chi connectivity index (χ3v) is 4.07. The lowest BCUT2D eigenvalue weighted by Gasteiger charge is -2.28. The largest absolute Gasteiger partial charge is 0.480 e. The zero-order valence-corrected chi connectivity index (χ0v) is 14.3. The average molecular weight is 340 g/mol. The maximum atomic E-state index is 12.2. The van der Waals surface area contributed by atoms with E-state index in [2.05, 4.69) is 0 Å². The van der Waals surface area contributed by atoms with Crippen molar-refractivity contribution in [2.45, 2.75) is 45.3 Å². The van der Waals surface area contributed by atoms with Crippen molar-refractivity contribution < 1.29 is 19.4 Å². The van der Waals surface area contributed by atoms with Crippen LogP contribution in [0.2, 0.25) is 5.02 Å².